The Morgan fingerprint density at radius 3 is 2.69 bits per heavy atom. The Labute approximate surface area is 91.0 Å². The predicted molar refractivity (Wildman–Crippen MR) is 58.3 cm³/mol. The van der Waals surface area contributed by atoms with Gasteiger partial charge in [-0.2, -0.15) is 0 Å². The molecule has 0 spiro atoms. The molecule has 1 aromatic carbocycles. The van der Waals surface area contributed by atoms with Crippen LogP contribution in [-0.4, -0.2) is 12.5 Å². The molecule has 1 N–H and O–H groups in total. The Hall–Kier alpha value is -0.620. The van der Waals surface area contributed by atoms with Gasteiger partial charge in [-0.1, -0.05) is 30.3 Å². The van der Waals surface area contributed by atoms with Crippen LogP contribution in [0.5, 0.6) is 0 Å². The largest absolute Gasteiger partial charge is 0.367 e. The second-order valence-electron chi connectivity index (χ2n) is 2.50. The SMILES string of the molecule is O=C(COCc1ccccc1)NI. The number of hydrogen-bond donors (Lipinski definition) is 1. The van der Waals surface area contributed by atoms with E-state index >= 15 is 0 Å². The molecule has 0 unspecified atom stereocenters. The molecule has 4 heteroatoms. The third kappa shape index (κ3) is 4.23. The van der Waals surface area contributed by atoms with Gasteiger partial charge in [0.05, 0.1) is 29.5 Å². The molecular formula is C9H10INO2. The zero-order valence-electron chi connectivity index (χ0n) is 7.00. The van der Waals surface area contributed by atoms with Crippen LogP contribution < -0.4 is 3.53 Å². The van der Waals surface area contributed by atoms with E-state index in [0.717, 1.165) is 5.56 Å². The average Bonchev–Trinajstić information content (AvgIpc) is 2.19. The minimum absolute atomic E-state index is 0.109. The summed E-state index contributed by atoms with van der Waals surface area (Å²) in [7, 11) is 0. The highest BCUT2D eigenvalue weighted by Gasteiger charge is 1.97. The van der Waals surface area contributed by atoms with E-state index in [1.807, 2.05) is 30.3 Å². The molecule has 0 saturated heterocycles. The van der Waals surface area contributed by atoms with Crippen LogP contribution in [0.2, 0.25) is 0 Å². The van der Waals surface area contributed by atoms with E-state index in [1.165, 1.54) is 0 Å². The molecule has 0 saturated carbocycles. The Balaban J connectivity index is 2.24. The summed E-state index contributed by atoms with van der Waals surface area (Å²) in [5.41, 5.74) is 1.07. The van der Waals surface area contributed by atoms with Crippen LogP contribution in [0.3, 0.4) is 0 Å². The maximum absolute atomic E-state index is 10.8. The molecule has 13 heavy (non-hydrogen) atoms. The lowest BCUT2D eigenvalue weighted by Crippen LogP contribution is -2.18. The van der Waals surface area contributed by atoms with E-state index in [-0.39, 0.29) is 12.5 Å². The lowest BCUT2D eigenvalue weighted by molar-refractivity contribution is -0.123. The first-order valence-electron chi connectivity index (χ1n) is 3.84. The lowest BCUT2D eigenvalue weighted by Gasteiger charge is -2.01. The van der Waals surface area contributed by atoms with Crippen molar-refractivity contribution in [1.29, 1.82) is 0 Å². The van der Waals surface area contributed by atoms with Gasteiger partial charge in [0, 0.05) is 0 Å². The van der Waals surface area contributed by atoms with E-state index in [4.69, 9.17) is 4.74 Å². The van der Waals surface area contributed by atoms with Gasteiger partial charge in [0.2, 0.25) is 0 Å². The van der Waals surface area contributed by atoms with Crippen LogP contribution in [0.25, 0.3) is 0 Å². The van der Waals surface area contributed by atoms with Crippen molar-refractivity contribution in [2.45, 2.75) is 6.61 Å². The van der Waals surface area contributed by atoms with Crippen LogP contribution >= 0.6 is 22.9 Å². The van der Waals surface area contributed by atoms with Gasteiger partial charge in [-0.3, -0.25) is 8.32 Å². The zero-order chi connectivity index (χ0) is 9.52. The van der Waals surface area contributed by atoms with Gasteiger partial charge < -0.3 is 4.74 Å². The molecule has 0 heterocycles. The molecule has 70 valence electrons. The number of rotatable bonds is 4. The molecular weight excluding hydrogens is 281 g/mol. The van der Waals surface area contributed by atoms with E-state index in [0.29, 0.717) is 6.61 Å². The van der Waals surface area contributed by atoms with Gasteiger partial charge in [0.25, 0.3) is 5.91 Å². The van der Waals surface area contributed by atoms with Gasteiger partial charge in [0.15, 0.2) is 0 Å². The zero-order valence-corrected chi connectivity index (χ0v) is 9.15. The lowest BCUT2D eigenvalue weighted by atomic mass is 10.2. The van der Waals surface area contributed by atoms with E-state index in [9.17, 15) is 4.79 Å². The van der Waals surface area contributed by atoms with Gasteiger partial charge >= 0.3 is 0 Å². The molecule has 0 fully saturated rings. The molecule has 1 rings (SSSR count). The standard InChI is InChI=1S/C9H10INO2/c10-11-9(12)7-13-6-8-4-2-1-3-5-8/h1-5H,6-7H2,(H,11,12). The van der Waals surface area contributed by atoms with Crippen LogP contribution in [0, 0.1) is 0 Å². The summed E-state index contributed by atoms with van der Waals surface area (Å²) in [6.45, 7) is 0.586. The van der Waals surface area contributed by atoms with Gasteiger partial charge in [-0.25, -0.2) is 0 Å². The number of benzene rings is 1. The monoisotopic (exact) mass is 291 g/mol. The van der Waals surface area contributed by atoms with Crippen molar-refractivity contribution in [2.24, 2.45) is 0 Å². The predicted octanol–water partition coefficient (Wildman–Crippen LogP) is 1.67. The molecule has 0 aliphatic heterocycles. The fraction of sp³-hybridized carbons (Fsp3) is 0.222. The van der Waals surface area contributed by atoms with Gasteiger partial charge in [-0.05, 0) is 5.56 Å². The molecule has 0 atom stereocenters. The van der Waals surface area contributed by atoms with Crippen molar-refractivity contribution in [3.63, 3.8) is 0 Å². The quantitative estimate of drug-likeness (QED) is 0.677. The number of amides is 1. The van der Waals surface area contributed by atoms with Crippen molar-refractivity contribution >= 4 is 28.8 Å². The van der Waals surface area contributed by atoms with Crippen molar-refractivity contribution in [2.75, 3.05) is 6.61 Å². The average molecular weight is 291 g/mol. The van der Waals surface area contributed by atoms with Gasteiger partial charge in [-0.15, -0.1) is 0 Å². The van der Waals surface area contributed by atoms with Crippen LogP contribution in [0.1, 0.15) is 5.56 Å². The maximum Gasteiger partial charge on any atom is 0.254 e. The smallest absolute Gasteiger partial charge is 0.254 e. The Morgan fingerprint density at radius 1 is 1.38 bits per heavy atom. The Morgan fingerprint density at radius 2 is 2.08 bits per heavy atom. The number of nitrogens with one attached hydrogen (secondary N) is 1. The highest BCUT2D eigenvalue weighted by Crippen LogP contribution is 1.99. The summed E-state index contributed by atoms with van der Waals surface area (Å²) in [5, 5.41) is 0. The molecule has 1 aromatic rings. The number of carbonyl (C=O) groups is 1. The van der Waals surface area contributed by atoms with Crippen molar-refractivity contribution in [3.05, 3.63) is 35.9 Å². The van der Waals surface area contributed by atoms with Crippen molar-refractivity contribution < 1.29 is 9.53 Å². The summed E-state index contributed by atoms with van der Waals surface area (Å²) in [6.07, 6.45) is 0. The summed E-state index contributed by atoms with van der Waals surface area (Å²) >= 11 is 1.79. The van der Waals surface area contributed by atoms with E-state index < -0.39 is 0 Å². The second-order valence-corrected chi connectivity index (χ2v) is 3.04. The normalized spacial score (nSPS) is 9.62. The first kappa shape index (κ1) is 10.5. The minimum Gasteiger partial charge on any atom is -0.367 e. The summed E-state index contributed by atoms with van der Waals surface area (Å²) in [4.78, 5) is 10.8. The second kappa shape index (κ2) is 5.93. The van der Waals surface area contributed by atoms with E-state index in [2.05, 4.69) is 3.53 Å². The number of carbonyl (C=O) groups excluding carboxylic acids is 1. The molecule has 0 aliphatic carbocycles. The summed E-state index contributed by atoms with van der Waals surface area (Å²) < 4.78 is 7.61. The molecule has 0 radical (unpaired) electrons. The maximum atomic E-state index is 10.8. The summed E-state index contributed by atoms with van der Waals surface area (Å²) in [6, 6.07) is 9.75. The fourth-order valence-corrected chi connectivity index (χ4v) is 1.02. The third-order valence-corrected chi connectivity index (χ3v) is 2.05. The Bertz CT molecular complexity index is 264. The van der Waals surface area contributed by atoms with Crippen LogP contribution in [0.15, 0.2) is 30.3 Å². The first-order valence-corrected chi connectivity index (χ1v) is 4.92. The number of hydrogen-bond acceptors (Lipinski definition) is 2. The topological polar surface area (TPSA) is 38.3 Å². The highest BCUT2D eigenvalue weighted by atomic mass is 127. The summed E-state index contributed by atoms with van der Waals surface area (Å²) in [5.74, 6) is -0.114. The van der Waals surface area contributed by atoms with Crippen LogP contribution in [0.4, 0.5) is 0 Å². The molecule has 0 aliphatic rings. The van der Waals surface area contributed by atoms with Crippen molar-refractivity contribution in [3.8, 4) is 0 Å². The molecule has 0 aromatic heterocycles. The number of ether oxygens (including phenoxy) is 1. The number of halogens is 1. The highest BCUT2D eigenvalue weighted by molar-refractivity contribution is 14.1. The third-order valence-electron chi connectivity index (χ3n) is 1.45. The minimum atomic E-state index is -0.114. The Kier molecular flexibility index (Phi) is 4.77. The molecule has 0 bridgehead atoms. The molecule has 3 nitrogen and oxygen atoms in total. The molecule has 1 amide bonds. The van der Waals surface area contributed by atoms with Crippen molar-refractivity contribution in [1.82, 2.24) is 3.53 Å². The van der Waals surface area contributed by atoms with Crippen LogP contribution in [-0.2, 0) is 16.1 Å². The van der Waals surface area contributed by atoms with Gasteiger partial charge in [0.1, 0.15) is 6.61 Å². The first-order chi connectivity index (χ1) is 6.33. The van der Waals surface area contributed by atoms with E-state index in [1.54, 1.807) is 22.9 Å². The fourth-order valence-electron chi connectivity index (χ4n) is 0.863.